The SMILES string of the molecule is CC(O)C(=O)O.CCCCCC(O)(O)C(=O)[O-].[Na+]. The molecule has 0 rings (SSSR count). The third-order valence-corrected chi connectivity index (χ3v) is 1.81. The Bertz CT molecular complexity index is 240. The number of carbonyl (C=O) groups is 2. The molecule has 0 saturated heterocycles. The number of carboxylic acids is 2. The summed E-state index contributed by atoms with van der Waals surface area (Å²) in [5.41, 5.74) is 0. The van der Waals surface area contributed by atoms with E-state index in [-0.39, 0.29) is 36.0 Å². The summed E-state index contributed by atoms with van der Waals surface area (Å²) in [6, 6.07) is 0. The fourth-order valence-corrected chi connectivity index (χ4v) is 0.724. The van der Waals surface area contributed by atoms with E-state index >= 15 is 0 Å². The maximum atomic E-state index is 10.0. The average molecular weight is 274 g/mol. The van der Waals surface area contributed by atoms with Gasteiger partial charge in [-0.3, -0.25) is 0 Å². The molecule has 0 aromatic rings. The molecule has 1 atom stereocenters. The van der Waals surface area contributed by atoms with Crippen LogP contribution in [0.3, 0.4) is 0 Å². The number of hydrogen-bond donors (Lipinski definition) is 4. The van der Waals surface area contributed by atoms with E-state index < -0.39 is 23.8 Å². The predicted molar refractivity (Wildman–Crippen MR) is 55.6 cm³/mol. The number of aliphatic carboxylic acids is 2. The quantitative estimate of drug-likeness (QED) is 0.217. The smallest absolute Gasteiger partial charge is 0.544 e. The zero-order chi connectivity index (χ0) is 14.1. The van der Waals surface area contributed by atoms with Gasteiger partial charge in [0.2, 0.25) is 5.79 Å². The number of aliphatic hydroxyl groups excluding tert-OH is 1. The van der Waals surface area contributed by atoms with Crippen molar-refractivity contribution < 1.29 is 64.7 Å². The Morgan fingerprint density at radius 2 is 1.67 bits per heavy atom. The van der Waals surface area contributed by atoms with Crippen LogP contribution in [0.1, 0.15) is 39.5 Å². The van der Waals surface area contributed by atoms with Crippen molar-refractivity contribution in [2.24, 2.45) is 0 Å². The molecule has 1 unspecified atom stereocenters. The van der Waals surface area contributed by atoms with E-state index in [1.54, 1.807) is 0 Å². The summed E-state index contributed by atoms with van der Waals surface area (Å²) in [5, 5.41) is 43.2. The molecule has 0 radical (unpaired) electrons. The van der Waals surface area contributed by atoms with Gasteiger partial charge < -0.3 is 30.3 Å². The van der Waals surface area contributed by atoms with Gasteiger partial charge in [-0.2, -0.15) is 0 Å². The van der Waals surface area contributed by atoms with Gasteiger partial charge in [0.1, 0.15) is 12.1 Å². The van der Waals surface area contributed by atoms with E-state index in [0.717, 1.165) is 12.8 Å². The second-order valence-electron chi connectivity index (χ2n) is 3.58. The molecule has 0 saturated carbocycles. The topological polar surface area (TPSA) is 138 Å². The van der Waals surface area contributed by atoms with Gasteiger partial charge in [-0.1, -0.05) is 19.8 Å². The molecule has 7 nitrogen and oxygen atoms in total. The normalized spacial score (nSPS) is 11.6. The molecule has 0 aliphatic rings. The number of unbranched alkanes of at least 4 members (excludes halogenated alkanes) is 2. The molecule has 0 aromatic heterocycles. The summed E-state index contributed by atoms with van der Waals surface area (Å²) < 4.78 is 0. The molecule has 0 fully saturated rings. The van der Waals surface area contributed by atoms with E-state index in [0.29, 0.717) is 6.42 Å². The van der Waals surface area contributed by atoms with Crippen LogP contribution in [-0.4, -0.2) is 44.3 Å². The Morgan fingerprint density at radius 1 is 1.28 bits per heavy atom. The maximum absolute atomic E-state index is 10.0. The summed E-state index contributed by atoms with van der Waals surface area (Å²) in [7, 11) is 0. The largest absolute Gasteiger partial charge is 1.00 e. The standard InChI is InChI=1S/C7H14O4.C3H6O3.Na/c1-2-3-4-5-7(10,11)6(8)9;1-2(4)3(5)6;/h10-11H,2-5H2,1H3,(H,8,9);2,4H,1H3,(H,5,6);/q;;+1/p-1. The van der Waals surface area contributed by atoms with E-state index in [1.807, 2.05) is 6.92 Å². The first-order chi connectivity index (χ1) is 7.65. The van der Waals surface area contributed by atoms with Crippen LogP contribution in [0.25, 0.3) is 0 Å². The van der Waals surface area contributed by atoms with Crippen molar-refractivity contribution in [3.8, 4) is 0 Å². The average Bonchev–Trinajstić information content (AvgIpc) is 2.18. The van der Waals surface area contributed by atoms with Crippen molar-refractivity contribution >= 4 is 11.9 Å². The van der Waals surface area contributed by atoms with Crippen molar-refractivity contribution in [2.45, 2.75) is 51.4 Å². The Hall–Kier alpha value is -0.180. The zero-order valence-corrected chi connectivity index (χ0v) is 12.9. The van der Waals surface area contributed by atoms with Crippen LogP contribution in [0.4, 0.5) is 0 Å². The summed E-state index contributed by atoms with van der Waals surface area (Å²) in [4.78, 5) is 19.5. The van der Waals surface area contributed by atoms with Crippen LogP contribution in [0.2, 0.25) is 0 Å². The summed E-state index contributed by atoms with van der Waals surface area (Å²) in [6.45, 7) is 3.14. The van der Waals surface area contributed by atoms with Gasteiger partial charge >= 0.3 is 35.5 Å². The first-order valence-corrected chi connectivity index (χ1v) is 5.22. The minimum absolute atomic E-state index is 0. The fourth-order valence-electron chi connectivity index (χ4n) is 0.724. The molecule has 0 bridgehead atoms. The van der Waals surface area contributed by atoms with Crippen LogP contribution in [0, 0.1) is 0 Å². The van der Waals surface area contributed by atoms with Crippen molar-refractivity contribution in [3.05, 3.63) is 0 Å². The van der Waals surface area contributed by atoms with Crippen molar-refractivity contribution in [1.29, 1.82) is 0 Å². The molecule has 0 spiro atoms. The molecular weight excluding hydrogens is 255 g/mol. The Labute approximate surface area is 128 Å². The third-order valence-electron chi connectivity index (χ3n) is 1.81. The first kappa shape index (κ1) is 23.0. The second-order valence-corrected chi connectivity index (χ2v) is 3.58. The monoisotopic (exact) mass is 274 g/mol. The van der Waals surface area contributed by atoms with Crippen molar-refractivity contribution in [3.63, 3.8) is 0 Å². The van der Waals surface area contributed by atoms with Crippen LogP contribution >= 0.6 is 0 Å². The Morgan fingerprint density at radius 3 is 1.89 bits per heavy atom. The van der Waals surface area contributed by atoms with Gasteiger partial charge in [-0.05, 0) is 13.3 Å². The van der Waals surface area contributed by atoms with E-state index in [2.05, 4.69) is 0 Å². The van der Waals surface area contributed by atoms with E-state index in [9.17, 15) is 14.7 Å². The van der Waals surface area contributed by atoms with Gasteiger partial charge in [0.15, 0.2) is 0 Å². The fraction of sp³-hybridized carbons (Fsp3) is 0.800. The Balaban J connectivity index is -0.000000277. The third kappa shape index (κ3) is 13.9. The minimum atomic E-state index is -2.64. The van der Waals surface area contributed by atoms with Gasteiger partial charge in [-0.25, -0.2) is 4.79 Å². The van der Waals surface area contributed by atoms with Crippen LogP contribution < -0.4 is 34.7 Å². The molecule has 4 N–H and O–H groups in total. The first-order valence-electron chi connectivity index (χ1n) is 5.22. The Kier molecular flexibility index (Phi) is 15.2. The number of carboxylic acid groups (broad SMARTS) is 2. The molecule has 0 amide bonds. The van der Waals surface area contributed by atoms with Crippen LogP contribution in [-0.2, 0) is 9.59 Å². The molecule has 102 valence electrons. The number of aliphatic hydroxyl groups is 3. The predicted octanol–water partition coefficient (Wildman–Crippen LogP) is -4.55. The molecule has 0 heterocycles. The summed E-state index contributed by atoms with van der Waals surface area (Å²) >= 11 is 0. The van der Waals surface area contributed by atoms with E-state index in [1.165, 1.54) is 6.92 Å². The molecule has 0 aromatic carbocycles. The van der Waals surface area contributed by atoms with Crippen LogP contribution in [0.5, 0.6) is 0 Å². The summed E-state index contributed by atoms with van der Waals surface area (Å²) in [6.07, 6.45) is 0.782. The maximum Gasteiger partial charge on any atom is 1.00 e. The molecule has 8 heteroatoms. The van der Waals surface area contributed by atoms with E-state index in [4.69, 9.17) is 20.4 Å². The molecular formula is C10H19NaO7. The van der Waals surface area contributed by atoms with Crippen molar-refractivity contribution in [1.82, 2.24) is 0 Å². The van der Waals surface area contributed by atoms with Crippen LogP contribution in [0.15, 0.2) is 0 Å². The molecule has 18 heavy (non-hydrogen) atoms. The molecule has 0 aliphatic heterocycles. The molecule has 0 aliphatic carbocycles. The zero-order valence-electron chi connectivity index (χ0n) is 10.9. The van der Waals surface area contributed by atoms with Gasteiger partial charge in [-0.15, -0.1) is 0 Å². The van der Waals surface area contributed by atoms with Gasteiger partial charge in [0.05, 0.1) is 0 Å². The van der Waals surface area contributed by atoms with Gasteiger partial charge in [0, 0.05) is 6.42 Å². The second kappa shape index (κ2) is 11.9. The summed E-state index contributed by atoms with van der Waals surface area (Å²) in [5.74, 6) is -5.65. The number of rotatable bonds is 6. The van der Waals surface area contributed by atoms with Gasteiger partial charge in [0.25, 0.3) is 0 Å². The minimum Gasteiger partial charge on any atom is -0.544 e. The number of carbonyl (C=O) groups excluding carboxylic acids is 1. The van der Waals surface area contributed by atoms with Crippen molar-refractivity contribution in [2.75, 3.05) is 0 Å². The number of hydrogen-bond acceptors (Lipinski definition) is 6.